The van der Waals surface area contributed by atoms with Crippen LogP contribution >= 0.6 is 0 Å². The number of carbonyl (C=O) groups is 1. The molecule has 1 atom stereocenters. The summed E-state index contributed by atoms with van der Waals surface area (Å²) in [6.45, 7) is 1.98. The number of carboxylic acid groups (broad SMARTS) is 1. The lowest BCUT2D eigenvalue weighted by Crippen LogP contribution is -2.53. The highest BCUT2D eigenvalue weighted by Gasteiger charge is 2.53. The molecule has 1 aliphatic rings. The molecule has 0 saturated heterocycles. The molecule has 3 heteroatoms. The Morgan fingerprint density at radius 3 is 2.44 bits per heavy atom. The van der Waals surface area contributed by atoms with Crippen molar-refractivity contribution in [2.24, 2.45) is 11.1 Å². The lowest BCUT2D eigenvalue weighted by molar-refractivity contribution is -0.157. The van der Waals surface area contributed by atoms with Crippen LogP contribution in [-0.2, 0) is 4.79 Å². The molecule has 0 heterocycles. The van der Waals surface area contributed by atoms with E-state index in [4.69, 9.17) is 5.73 Å². The molecule has 1 aromatic carbocycles. The maximum Gasteiger partial charge on any atom is 0.310 e. The summed E-state index contributed by atoms with van der Waals surface area (Å²) in [5.41, 5.74) is 6.17. The second kappa shape index (κ2) is 3.91. The van der Waals surface area contributed by atoms with E-state index in [0.717, 1.165) is 5.56 Å². The van der Waals surface area contributed by atoms with Gasteiger partial charge in [0, 0.05) is 6.04 Å². The smallest absolute Gasteiger partial charge is 0.310 e. The molecule has 86 valence electrons. The van der Waals surface area contributed by atoms with Crippen molar-refractivity contribution in [1.29, 1.82) is 0 Å². The summed E-state index contributed by atoms with van der Waals surface area (Å²) in [6.07, 6.45) is 1.16. The van der Waals surface area contributed by atoms with Gasteiger partial charge in [-0.05, 0) is 24.3 Å². The van der Waals surface area contributed by atoms with E-state index in [9.17, 15) is 9.90 Å². The summed E-state index contributed by atoms with van der Waals surface area (Å²) < 4.78 is 0. The van der Waals surface area contributed by atoms with Crippen molar-refractivity contribution in [3.63, 3.8) is 0 Å². The van der Waals surface area contributed by atoms with Crippen LogP contribution < -0.4 is 5.73 Å². The summed E-state index contributed by atoms with van der Waals surface area (Å²) >= 11 is 0. The summed E-state index contributed by atoms with van der Waals surface area (Å²) in [5, 5.41) is 9.38. The zero-order chi connectivity index (χ0) is 11.8. The van der Waals surface area contributed by atoms with Crippen molar-refractivity contribution < 1.29 is 9.90 Å². The van der Waals surface area contributed by atoms with Gasteiger partial charge in [-0.3, -0.25) is 4.79 Å². The summed E-state index contributed by atoms with van der Waals surface area (Å²) in [7, 11) is 0. The molecule has 3 N–H and O–H groups in total. The molecule has 1 saturated carbocycles. The third kappa shape index (κ3) is 1.61. The standard InChI is InChI=1S/C13H17NO2/c1-9(10-5-3-2-4-6-10)13(12(15)16)7-11(14)8-13/h2-6,9,11H,7-8,14H2,1H3,(H,15,16). The first kappa shape index (κ1) is 11.1. The Morgan fingerprint density at radius 1 is 1.44 bits per heavy atom. The summed E-state index contributed by atoms with van der Waals surface area (Å²) in [4.78, 5) is 11.4. The van der Waals surface area contributed by atoms with Gasteiger partial charge in [0.25, 0.3) is 0 Å². The number of aliphatic carboxylic acids is 1. The zero-order valence-electron chi connectivity index (χ0n) is 9.39. The maximum atomic E-state index is 11.4. The van der Waals surface area contributed by atoms with E-state index < -0.39 is 11.4 Å². The molecule has 0 aromatic heterocycles. The van der Waals surface area contributed by atoms with Gasteiger partial charge in [-0.1, -0.05) is 37.3 Å². The third-order valence-electron chi connectivity index (χ3n) is 3.81. The predicted molar refractivity (Wildman–Crippen MR) is 62.1 cm³/mol. The van der Waals surface area contributed by atoms with E-state index in [1.54, 1.807) is 0 Å². The Morgan fingerprint density at radius 2 is 2.00 bits per heavy atom. The molecule has 0 bridgehead atoms. The van der Waals surface area contributed by atoms with Crippen molar-refractivity contribution in [1.82, 2.24) is 0 Å². The topological polar surface area (TPSA) is 63.3 Å². The Balaban J connectivity index is 2.26. The fraction of sp³-hybridized carbons (Fsp3) is 0.462. The van der Waals surface area contributed by atoms with Gasteiger partial charge >= 0.3 is 5.97 Å². The molecule has 0 amide bonds. The van der Waals surface area contributed by atoms with E-state index in [2.05, 4.69) is 0 Å². The largest absolute Gasteiger partial charge is 0.481 e. The van der Waals surface area contributed by atoms with Gasteiger partial charge < -0.3 is 10.8 Å². The Kier molecular flexibility index (Phi) is 2.72. The van der Waals surface area contributed by atoms with Crippen LogP contribution in [0.5, 0.6) is 0 Å². The molecule has 3 nitrogen and oxygen atoms in total. The Bertz CT molecular complexity index is 382. The van der Waals surface area contributed by atoms with Gasteiger partial charge in [0.15, 0.2) is 0 Å². The van der Waals surface area contributed by atoms with E-state index in [1.807, 2.05) is 37.3 Å². The van der Waals surface area contributed by atoms with Gasteiger partial charge in [0.2, 0.25) is 0 Å². The van der Waals surface area contributed by atoms with Crippen LogP contribution in [0.25, 0.3) is 0 Å². The van der Waals surface area contributed by atoms with Crippen molar-refractivity contribution in [2.45, 2.75) is 31.7 Å². The monoisotopic (exact) mass is 219 g/mol. The minimum Gasteiger partial charge on any atom is -0.481 e. The van der Waals surface area contributed by atoms with Gasteiger partial charge in [-0.15, -0.1) is 0 Å². The molecule has 0 aliphatic heterocycles. The molecule has 2 rings (SSSR count). The second-order valence-corrected chi connectivity index (χ2v) is 4.76. The van der Waals surface area contributed by atoms with Crippen LogP contribution in [-0.4, -0.2) is 17.1 Å². The minimum absolute atomic E-state index is 0.0194. The molecular formula is C13H17NO2. The number of hydrogen-bond acceptors (Lipinski definition) is 2. The van der Waals surface area contributed by atoms with Gasteiger partial charge in [0.05, 0.1) is 5.41 Å². The molecule has 1 fully saturated rings. The van der Waals surface area contributed by atoms with Crippen LogP contribution in [0.15, 0.2) is 30.3 Å². The number of nitrogens with two attached hydrogens (primary N) is 1. The second-order valence-electron chi connectivity index (χ2n) is 4.76. The summed E-state index contributed by atoms with van der Waals surface area (Å²) in [5.74, 6) is -0.698. The van der Waals surface area contributed by atoms with Crippen LogP contribution in [0.3, 0.4) is 0 Å². The predicted octanol–water partition coefficient (Wildman–Crippen LogP) is 1.98. The molecule has 1 aromatic rings. The van der Waals surface area contributed by atoms with Crippen molar-refractivity contribution in [3.8, 4) is 0 Å². The maximum absolute atomic E-state index is 11.4. The SMILES string of the molecule is CC(c1ccccc1)C1(C(=O)O)CC(N)C1. The average Bonchev–Trinajstić information content (AvgIpc) is 2.24. The Labute approximate surface area is 95.3 Å². The fourth-order valence-corrected chi connectivity index (χ4v) is 2.65. The van der Waals surface area contributed by atoms with E-state index in [-0.39, 0.29) is 12.0 Å². The summed E-state index contributed by atoms with van der Waals surface area (Å²) in [6, 6.07) is 9.84. The van der Waals surface area contributed by atoms with E-state index in [0.29, 0.717) is 12.8 Å². The van der Waals surface area contributed by atoms with Gasteiger partial charge in [-0.2, -0.15) is 0 Å². The quantitative estimate of drug-likeness (QED) is 0.817. The van der Waals surface area contributed by atoms with Gasteiger partial charge in [0.1, 0.15) is 0 Å². The van der Waals surface area contributed by atoms with E-state index >= 15 is 0 Å². The first-order valence-corrected chi connectivity index (χ1v) is 5.60. The number of rotatable bonds is 3. The van der Waals surface area contributed by atoms with Crippen LogP contribution in [0.2, 0.25) is 0 Å². The zero-order valence-corrected chi connectivity index (χ0v) is 9.39. The van der Waals surface area contributed by atoms with Crippen LogP contribution in [0.4, 0.5) is 0 Å². The van der Waals surface area contributed by atoms with Gasteiger partial charge in [-0.25, -0.2) is 0 Å². The normalized spacial score (nSPS) is 30.5. The first-order valence-electron chi connectivity index (χ1n) is 5.60. The third-order valence-corrected chi connectivity index (χ3v) is 3.81. The first-order chi connectivity index (χ1) is 7.56. The molecule has 0 spiro atoms. The van der Waals surface area contributed by atoms with Crippen molar-refractivity contribution in [2.75, 3.05) is 0 Å². The highest BCUT2D eigenvalue weighted by molar-refractivity contribution is 5.77. The molecule has 1 unspecified atom stereocenters. The van der Waals surface area contributed by atoms with Crippen molar-refractivity contribution >= 4 is 5.97 Å². The lowest BCUT2D eigenvalue weighted by atomic mass is 9.57. The number of carboxylic acids is 1. The molecule has 1 aliphatic carbocycles. The molecule has 0 radical (unpaired) electrons. The van der Waals surface area contributed by atoms with E-state index in [1.165, 1.54) is 0 Å². The fourth-order valence-electron chi connectivity index (χ4n) is 2.65. The average molecular weight is 219 g/mol. The molecule has 16 heavy (non-hydrogen) atoms. The number of benzene rings is 1. The molecular weight excluding hydrogens is 202 g/mol. The Hall–Kier alpha value is -1.35. The minimum atomic E-state index is -0.717. The van der Waals surface area contributed by atoms with Crippen molar-refractivity contribution in [3.05, 3.63) is 35.9 Å². The highest BCUT2D eigenvalue weighted by atomic mass is 16.4. The van der Waals surface area contributed by atoms with Crippen LogP contribution in [0.1, 0.15) is 31.2 Å². The lowest BCUT2D eigenvalue weighted by Gasteiger charge is -2.46. The van der Waals surface area contributed by atoms with Crippen LogP contribution in [0, 0.1) is 5.41 Å². The highest BCUT2D eigenvalue weighted by Crippen LogP contribution is 2.50. The number of hydrogen-bond donors (Lipinski definition) is 2.